The van der Waals surface area contributed by atoms with Gasteiger partial charge in [0.1, 0.15) is 0 Å². The molecule has 0 saturated carbocycles. The fourth-order valence-electron chi connectivity index (χ4n) is 3.08. The molecule has 0 aromatic heterocycles. The van der Waals surface area contributed by atoms with E-state index in [1.54, 1.807) is 0 Å². The molecule has 2 fully saturated rings. The van der Waals surface area contributed by atoms with Crippen molar-refractivity contribution in [1.82, 2.24) is 10.2 Å². The zero-order chi connectivity index (χ0) is 12.3. The second-order valence-corrected chi connectivity index (χ2v) is 6.14. The summed E-state index contributed by atoms with van der Waals surface area (Å²) in [5.41, 5.74) is 0. The molecular weight excluding hydrogens is 212 g/mol. The summed E-state index contributed by atoms with van der Waals surface area (Å²) in [7, 11) is 2.23. The van der Waals surface area contributed by atoms with E-state index in [1.165, 1.54) is 38.8 Å². The van der Waals surface area contributed by atoms with Crippen molar-refractivity contribution in [1.29, 1.82) is 0 Å². The van der Waals surface area contributed by atoms with Gasteiger partial charge in [-0.1, -0.05) is 13.8 Å². The molecule has 0 bridgehead atoms. The first kappa shape index (κ1) is 13.3. The molecule has 2 aliphatic rings. The Kier molecular flexibility index (Phi) is 4.83. The van der Waals surface area contributed by atoms with Gasteiger partial charge >= 0.3 is 0 Å². The molecule has 0 aromatic carbocycles. The maximum atomic E-state index is 5.83. The number of rotatable bonds is 3. The van der Waals surface area contributed by atoms with Crippen LogP contribution in [0.5, 0.6) is 0 Å². The zero-order valence-electron chi connectivity index (χ0n) is 11.6. The summed E-state index contributed by atoms with van der Waals surface area (Å²) in [5.74, 6) is 0.647. The number of likely N-dealkylation sites (tertiary alicyclic amines) is 1. The van der Waals surface area contributed by atoms with E-state index in [2.05, 4.69) is 31.1 Å². The minimum atomic E-state index is 0.461. The van der Waals surface area contributed by atoms with Gasteiger partial charge in [-0.2, -0.15) is 0 Å². The number of likely N-dealkylation sites (N-methyl/N-ethyl adjacent to an activating group) is 1. The van der Waals surface area contributed by atoms with E-state index in [-0.39, 0.29) is 0 Å². The van der Waals surface area contributed by atoms with Crippen LogP contribution in [0.1, 0.15) is 39.5 Å². The fraction of sp³-hybridized carbons (Fsp3) is 1.00. The number of nitrogens with zero attached hydrogens (tertiary/aromatic N) is 1. The Morgan fingerprint density at radius 3 is 2.76 bits per heavy atom. The lowest BCUT2D eigenvalue weighted by Gasteiger charge is -2.37. The summed E-state index contributed by atoms with van der Waals surface area (Å²) in [5, 5.41) is 3.85. The molecule has 2 saturated heterocycles. The predicted octanol–water partition coefficient (Wildman–Crippen LogP) is 1.87. The van der Waals surface area contributed by atoms with Crippen LogP contribution >= 0.6 is 0 Å². The minimum Gasteiger partial charge on any atom is -0.378 e. The fourth-order valence-corrected chi connectivity index (χ4v) is 3.08. The highest BCUT2D eigenvalue weighted by Crippen LogP contribution is 2.21. The third-order valence-corrected chi connectivity index (χ3v) is 4.15. The first-order chi connectivity index (χ1) is 8.15. The van der Waals surface area contributed by atoms with Crippen molar-refractivity contribution < 1.29 is 4.74 Å². The van der Waals surface area contributed by atoms with Crippen LogP contribution < -0.4 is 5.32 Å². The summed E-state index contributed by atoms with van der Waals surface area (Å²) in [6.45, 7) is 7.94. The van der Waals surface area contributed by atoms with Gasteiger partial charge in [0.25, 0.3) is 0 Å². The molecule has 2 aliphatic heterocycles. The molecule has 0 aromatic rings. The molecule has 3 atom stereocenters. The van der Waals surface area contributed by atoms with Crippen molar-refractivity contribution in [3.63, 3.8) is 0 Å². The topological polar surface area (TPSA) is 24.5 Å². The van der Waals surface area contributed by atoms with Gasteiger partial charge in [0, 0.05) is 25.2 Å². The molecule has 2 rings (SSSR count). The van der Waals surface area contributed by atoms with Gasteiger partial charge in [-0.3, -0.25) is 0 Å². The molecule has 3 unspecified atom stereocenters. The van der Waals surface area contributed by atoms with Crippen LogP contribution in [0.25, 0.3) is 0 Å². The Hall–Kier alpha value is -0.120. The van der Waals surface area contributed by atoms with E-state index in [0.717, 1.165) is 6.61 Å². The molecule has 0 radical (unpaired) electrons. The summed E-state index contributed by atoms with van der Waals surface area (Å²) < 4.78 is 5.83. The van der Waals surface area contributed by atoms with Crippen molar-refractivity contribution in [2.24, 2.45) is 5.92 Å². The summed E-state index contributed by atoms with van der Waals surface area (Å²) in [6, 6.07) is 1.37. The van der Waals surface area contributed by atoms with Crippen molar-refractivity contribution in [2.75, 3.05) is 26.7 Å². The predicted molar refractivity (Wildman–Crippen MR) is 71.3 cm³/mol. The van der Waals surface area contributed by atoms with Gasteiger partial charge in [0.05, 0.1) is 6.10 Å². The molecule has 0 aliphatic carbocycles. The van der Waals surface area contributed by atoms with Gasteiger partial charge in [0.2, 0.25) is 0 Å². The van der Waals surface area contributed by atoms with E-state index in [4.69, 9.17) is 4.74 Å². The molecule has 100 valence electrons. The van der Waals surface area contributed by atoms with Crippen LogP contribution in [0.15, 0.2) is 0 Å². The maximum absolute atomic E-state index is 5.83. The normalized spacial score (nSPS) is 36.4. The molecule has 2 heterocycles. The quantitative estimate of drug-likeness (QED) is 0.815. The molecule has 1 N–H and O–H groups in total. The Morgan fingerprint density at radius 1 is 1.24 bits per heavy atom. The van der Waals surface area contributed by atoms with Crippen LogP contribution in [-0.4, -0.2) is 49.8 Å². The lowest BCUT2D eigenvalue weighted by atomic mass is 9.94. The zero-order valence-corrected chi connectivity index (χ0v) is 11.6. The molecule has 3 heteroatoms. The number of piperidine rings is 1. The van der Waals surface area contributed by atoms with Crippen molar-refractivity contribution in [2.45, 2.75) is 57.7 Å². The molecule has 0 amide bonds. The van der Waals surface area contributed by atoms with Crippen molar-refractivity contribution in [3.8, 4) is 0 Å². The van der Waals surface area contributed by atoms with Crippen molar-refractivity contribution in [3.05, 3.63) is 0 Å². The van der Waals surface area contributed by atoms with Gasteiger partial charge in [0.15, 0.2) is 0 Å². The SMILES string of the molecule is CC(C)C1CC(NC2CCCN(C)C2)CCO1. The van der Waals surface area contributed by atoms with Gasteiger partial charge in [-0.15, -0.1) is 0 Å². The highest BCUT2D eigenvalue weighted by atomic mass is 16.5. The minimum absolute atomic E-state index is 0.461. The van der Waals surface area contributed by atoms with Crippen LogP contribution in [0.3, 0.4) is 0 Å². The number of hydrogen-bond acceptors (Lipinski definition) is 3. The van der Waals surface area contributed by atoms with E-state index >= 15 is 0 Å². The summed E-state index contributed by atoms with van der Waals surface area (Å²) in [4.78, 5) is 2.44. The van der Waals surface area contributed by atoms with Gasteiger partial charge in [-0.05, 0) is 45.2 Å². The summed E-state index contributed by atoms with van der Waals surface area (Å²) >= 11 is 0. The summed E-state index contributed by atoms with van der Waals surface area (Å²) in [6.07, 6.45) is 5.52. The van der Waals surface area contributed by atoms with Crippen LogP contribution in [0.4, 0.5) is 0 Å². The Balaban J connectivity index is 1.78. The van der Waals surface area contributed by atoms with Gasteiger partial charge < -0.3 is 15.0 Å². The number of hydrogen-bond donors (Lipinski definition) is 1. The first-order valence-corrected chi connectivity index (χ1v) is 7.21. The molecule has 17 heavy (non-hydrogen) atoms. The Labute approximate surface area is 106 Å². The molecule has 3 nitrogen and oxygen atoms in total. The monoisotopic (exact) mass is 240 g/mol. The third-order valence-electron chi connectivity index (χ3n) is 4.15. The highest BCUT2D eigenvalue weighted by molar-refractivity contribution is 4.84. The van der Waals surface area contributed by atoms with Crippen LogP contribution in [0, 0.1) is 5.92 Å². The van der Waals surface area contributed by atoms with Crippen LogP contribution in [0.2, 0.25) is 0 Å². The average Bonchev–Trinajstić information content (AvgIpc) is 2.29. The second-order valence-electron chi connectivity index (χ2n) is 6.14. The van der Waals surface area contributed by atoms with Crippen LogP contribution in [-0.2, 0) is 4.74 Å². The largest absolute Gasteiger partial charge is 0.378 e. The Morgan fingerprint density at radius 2 is 2.06 bits per heavy atom. The van der Waals surface area contributed by atoms with E-state index in [9.17, 15) is 0 Å². The molecule has 0 spiro atoms. The average molecular weight is 240 g/mol. The smallest absolute Gasteiger partial charge is 0.0612 e. The van der Waals surface area contributed by atoms with E-state index < -0.39 is 0 Å². The molecular formula is C14H28N2O. The number of ether oxygens (including phenoxy) is 1. The highest BCUT2D eigenvalue weighted by Gasteiger charge is 2.27. The van der Waals surface area contributed by atoms with E-state index in [0.29, 0.717) is 24.1 Å². The second kappa shape index (κ2) is 6.17. The van der Waals surface area contributed by atoms with E-state index in [1.807, 2.05) is 0 Å². The maximum Gasteiger partial charge on any atom is 0.0612 e. The lowest BCUT2D eigenvalue weighted by Crippen LogP contribution is -2.50. The number of nitrogens with one attached hydrogen (secondary N) is 1. The lowest BCUT2D eigenvalue weighted by molar-refractivity contribution is -0.0270. The van der Waals surface area contributed by atoms with Gasteiger partial charge in [-0.25, -0.2) is 0 Å². The standard InChI is InChI=1S/C14H28N2O/c1-11(2)14-9-12(6-8-17-14)15-13-5-4-7-16(3)10-13/h11-15H,4-10H2,1-3H3. The first-order valence-electron chi connectivity index (χ1n) is 7.21. The Bertz CT molecular complexity index is 232. The van der Waals surface area contributed by atoms with Crippen molar-refractivity contribution >= 4 is 0 Å². The third kappa shape index (κ3) is 3.94.